The number of allylic oxidation sites excluding steroid dienone is 1. The summed E-state index contributed by atoms with van der Waals surface area (Å²) in [4.78, 5) is 4.64. The fourth-order valence-corrected chi connectivity index (χ4v) is 3.59. The van der Waals surface area contributed by atoms with Gasteiger partial charge >= 0.3 is 0 Å². The average molecular weight is 427 g/mol. The standard InChI is InChI=1S/C22H23ClN4O3/c1-29-16-9-10-17(20(12-16)30-2)19-13-18(14-5-7-15(23)8-6-14)24-22-25-21(4-3-11-28)26-27(19)22/h5-10,12-13,19,28H,3-4,11H2,1-2H3,(H,24,25,26). The molecule has 1 atom stereocenters. The van der Waals surface area contributed by atoms with E-state index in [9.17, 15) is 0 Å². The third-order valence-corrected chi connectivity index (χ3v) is 5.23. The van der Waals surface area contributed by atoms with Crippen LogP contribution in [0.15, 0.2) is 48.5 Å². The number of methoxy groups -OCH3 is 2. The molecule has 30 heavy (non-hydrogen) atoms. The Kier molecular flexibility index (Phi) is 5.92. The van der Waals surface area contributed by atoms with Gasteiger partial charge in [-0.05, 0) is 42.3 Å². The van der Waals surface area contributed by atoms with Gasteiger partial charge in [-0.3, -0.25) is 0 Å². The maximum absolute atomic E-state index is 9.16. The van der Waals surface area contributed by atoms with Crippen LogP contribution in [-0.2, 0) is 6.42 Å². The summed E-state index contributed by atoms with van der Waals surface area (Å²) in [6.07, 6.45) is 3.30. The van der Waals surface area contributed by atoms with Crippen molar-refractivity contribution in [2.45, 2.75) is 18.9 Å². The topological polar surface area (TPSA) is 81.4 Å². The van der Waals surface area contributed by atoms with Crippen LogP contribution in [0.1, 0.15) is 29.4 Å². The molecule has 0 amide bonds. The molecule has 0 bridgehead atoms. The van der Waals surface area contributed by atoms with Crippen molar-refractivity contribution in [1.29, 1.82) is 0 Å². The quantitative estimate of drug-likeness (QED) is 0.595. The monoisotopic (exact) mass is 426 g/mol. The van der Waals surface area contributed by atoms with Crippen LogP contribution < -0.4 is 14.8 Å². The second kappa shape index (κ2) is 8.77. The smallest absolute Gasteiger partial charge is 0.226 e. The van der Waals surface area contributed by atoms with Crippen LogP contribution in [0.5, 0.6) is 11.5 Å². The molecule has 2 heterocycles. The number of aromatic nitrogens is 3. The maximum Gasteiger partial charge on any atom is 0.226 e. The fourth-order valence-electron chi connectivity index (χ4n) is 3.46. The largest absolute Gasteiger partial charge is 0.497 e. The molecule has 2 aromatic carbocycles. The molecular weight excluding hydrogens is 404 g/mol. The first-order chi connectivity index (χ1) is 14.6. The van der Waals surface area contributed by atoms with Gasteiger partial charge in [0, 0.05) is 35.4 Å². The minimum Gasteiger partial charge on any atom is -0.497 e. The summed E-state index contributed by atoms with van der Waals surface area (Å²) in [5, 5.41) is 17.9. The summed E-state index contributed by atoms with van der Waals surface area (Å²) in [5.74, 6) is 2.73. The number of aryl methyl sites for hydroxylation is 1. The van der Waals surface area contributed by atoms with Crippen molar-refractivity contribution in [3.8, 4) is 11.5 Å². The van der Waals surface area contributed by atoms with Gasteiger partial charge in [-0.2, -0.15) is 10.1 Å². The van der Waals surface area contributed by atoms with E-state index in [0.717, 1.165) is 16.8 Å². The SMILES string of the molecule is COc1ccc(C2C=C(c3ccc(Cl)cc3)Nc3nc(CCCO)nn32)c(OC)c1. The zero-order valence-electron chi connectivity index (χ0n) is 16.8. The number of nitrogens with zero attached hydrogens (tertiary/aromatic N) is 3. The molecule has 0 saturated heterocycles. The summed E-state index contributed by atoms with van der Waals surface area (Å²) in [5.41, 5.74) is 2.83. The Bertz CT molecular complexity index is 1060. The summed E-state index contributed by atoms with van der Waals surface area (Å²) < 4.78 is 12.8. The first-order valence-corrected chi connectivity index (χ1v) is 10.0. The van der Waals surface area contributed by atoms with Gasteiger partial charge in [0.15, 0.2) is 5.82 Å². The predicted octanol–water partition coefficient (Wildman–Crippen LogP) is 3.93. The number of hydrogen-bond donors (Lipinski definition) is 2. The molecule has 1 aliphatic heterocycles. The molecule has 0 aliphatic carbocycles. The lowest BCUT2D eigenvalue weighted by atomic mass is 10.0. The molecular formula is C22H23ClN4O3. The van der Waals surface area contributed by atoms with Crippen LogP contribution in [-0.4, -0.2) is 40.7 Å². The molecule has 7 nitrogen and oxygen atoms in total. The number of nitrogens with one attached hydrogen (secondary N) is 1. The Morgan fingerprint density at radius 3 is 2.63 bits per heavy atom. The van der Waals surface area contributed by atoms with E-state index in [1.54, 1.807) is 14.2 Å². The van der Waals surface area contributed by atoms with Crippen molar-refractivity contribution < 1.29 is 14.6 Å². The number of aliphatic hydroxyl groups excluding tert-OH is 1. The molecule has 1 aliphatic rings. The van der Waals surface area contributed by atoms with Crippen LogP contribution in [0, 0.1) is 0 Å². The number of benzene rings is 2. The highest BCUT2D eigenvalue weighted by atomic mass is 35.5. The number of rotatable bonds is 7. The number of aliphatic hydroxyl groups is 1. The molecule has 1 aromatic heterocycles. The third kappa shape index (κ3) is 3.99. The summed E-state index contributed by atoms with van der Waals surface area (Å²) in [6.45, 7) is 0.0985. The predicted molar refractivity (Wildman–Crippen MR) is 116 cm³/mol. The highest BCUT2D eigenvalue weighted by Crippen LogP contribution is 2.38. The molecule has 0 fully saturated rings. The zero-order valence-corrected chi connectivity index (χ0v) is 17.6. The normalized spacial score (nSPS) is 15.2. The first-order valence-electron chi connectivity index (χ1n) is 9.66. The van der Waals surface area contributed by atoms with E-state index in [2.05, 4.69) is 21.5 Å². The first kappa shape index (κ1) is 20.3. The van der Waals surface area contributed by atoms with E-state index in [-0.39, 0.29) is 12.6 Å². The van der Waals surface area contributed by atoms with Gasteiger partial charge in [0.25, 0.3) is 0 Å². The molecule has 4 rings (SSSR count). The summed E-state index contributed by atoms with van der Waals surface area (Å²) in [6, 6.07) is 13.1. The van der Waals surface area contributed by atoms with Crippen LogP contribution in [0.2, 0.25) is 5.02 Å². The average Bonchev–Trinajstić information content (AvgIpc) is 3.20. The summed E-state index contributed by atoms with van der Waals surface area (Å²) >= 11 is 6.06. The lowest BCUT2D eigenvalue weighted by Gasteiger charge is -2.25. The van der Waals surface area contributed by atoms with E-state index in [1.165, 1.54) is 0 Å². The molecule has 2 N–H and O–H groups in total. The molecule has 0 saturated carbocycles. The van der Waals surface area contributed by atoms with Gasteiger partial charge in [0.05, 0.1) is 14.2 Å². The minimum absolute atomic E-state index is 0.0985. The van der Waals surface area contributed by atoms with E-state index in [1.807, 2.05) is 47.1 Å². The van der Waals surface area contributed by atoms with Crippen molar-refractivity contribution in [2.75, 3.05) is 26.1 Å². The lowest BCUT2D eigenvalue weighted by Crippen LogP contribution is -2.20. The van der Waals surface area contributed by atoms with Gasteiger partial charge < -0.3 is 19.9 Å². The Balaban J connectivity index is 1.81. The maximum atomic E-state index is 9.16. The summed E-state index contributed by atoms with van der Waals surface area (Å²) in [7, 11) is 3.26. The zero-order chi connectivity index (χ0) is 21.1. The molecule has 0 radical (unpaired) electrons. The van der Waals surface area contributed by atoms with Crippen LogP contribution >= 0.6 is 11.6 Å². The molecule has 1 unspecified atom stereocenters. The van der Waals surface area contributed by atoms with Crippen LogP contribution in [0.4, 0.5) is 5.95 Å². The Morgan fingerprint density at radius 1 is 1.13 bits per heavy atom. The minimum atomic E-state index is -0.233. The van der Waals surface area contributed by atoms with Gasteiger partial charge in [-0.25, -0.2) is 4.68 Å². The van der Waals surface area contributed by atoms with Crippen molar-refractivity contribution in [2.24, 2.45) is 0 Å². The Hall–Kier alpha value is -3.03. The molecule has 156 valence electrons. The van der Waals surface area contributed by atoms with Crippen molar-refractivity contribution in [1.82, 2.24) is 14.8 Å². The van der Waals surface area contributed by atoms with Gasteiger partial charge in [0.2, 0.25) is 5.95 Å². The van der Waals surface area contributed by atoms with E-state index in [0.29, 0.717) is 41.1 Å². The van der Waals surface area contributed by atoms with Gasteiger partial charge in [-0.15, -0.1) is 0 Å². The van der Waals surface area contributed by atoms with E-state index < -0.39 is 0 Å². The number of fused-ring (bicyclic) bond motifs is 1. The van der Waals surface area contributed by atoms with Crippen LogP contribution in [0.25, 0.3) is 5.70 Å². The highest BCUT2D eigenvalue weighted by Gasteiger charge is 2.27. The fraction of sp³-hybridized carbons (Fsp3) is 0.273. The number of ether oxygens (including phenoxy) is 2. The number of hydrogen-bond acceptors (Lipinski definition) is 6. The van der Waals surface area contributed by atoms with Crippen molar-refractivity contribution in [3.63, 3.8) is 0 Å². The second-order valence-electron chi connectivity index (χ2n) is 6.89. The highest BCUT2D eigenvalue weighted by molar-refractivity contribution is 6.30. The molecule has 0 spiro atoms. The third-order valence-electron chi connectivity index (χ3n) is 4.98. The Morgan fingerprint density at radius 2 is 1.93 bits per heavy atom. The number of anilines is 1. The lowest BCUT2D eigenvalue weighted by molar-refractivity contribution is 0.287. The Labute approximate surface area is 179 Å². The number of halogens is 1. The van der Waals surface area contributed by atoms with Crippen molar-refractivity contribution >= 4 is 23.2 Å². The second-order valence-corrected chi connectivity index (χ2v) is 7.32. The van der Waals surface area contributed by atoms with E-state index in [4.69, 9.17) is 26.2 Å². The van der Waals surface area contributed by atoms with Crippen molar-refractivity contribution in [3.05, 3.63) is 70.5 Å². The van der Waals surface area contributed by atoms with Gasteiger partial charge in [0.1, 0.15) is 17.5 Å². The molecule has 8 heteroatoms. The van der Waals surface area contributed by atoms with E-state index >= 15 is 0 Å². The molecule has 3 aromatic rings. The van der Waals surface area contributed by atoms with Crippen LogP contribution in [0.3, 0.4) is 0 Å². The van der Waals surface area contributed by atoms with Gasteiger partial charge in [-0.1, -0.05) is 23.7 Å².